The fourth-order valence-electron chi connectivity index (χ4n) is 1.59. The van der Waals surface area contributed by atoms with Crippen LogP contribution in [0.4, 0.5) is 4.79 Å². The molecule has 4 nitrogen and oxygen atoms in total. The summed E-state index contributed by atoms with van der Waals surface area (Å²) in [5.41, 5.74) is 0. The van der Waals surface area contributed by atoms with Crippen molar-refractivity contribution in [2.45, 2.75) is 19.9 Å². The molecule has 0 saturated carbocycles. The normalized spacial score (nSPS) is 10.2. The van der Waals surface area contributed by atoms with E-state index in [0.29, 0.717) is 18.0 Å². The van der Waals surface area contributed by atoms with Crippen LogP contribution in [0.3, 0.4) is 0 Å². The summed E-state index contributed by atoms with van der Waals surface area (Å²) in [6.45, 7) is 3.11. The van der Waals surface area contributed by atoms with Crippen molar-refractivity contribution in [2.75, 3.05) is 6.54 Å². The zero-order chi connectivity index (χ0) is 14.4. The number of rotatable bonds is 6. The minimum atomic E-state index is -0.175. The molecule has 6 heteroatoms. The molecule has 0 bridgehead atoms. The van der Waals surface area contributed by atoms with Gasteiger partial charge in [-0.25, -0.2) is 4.79 Å². The summed E-state index contributed by atoms with van der Waals surface area (Å²) in [6.07, 6.45) is 0.909. The zero-order valence-electron chi connectivity index (χ0n) is 11.1. The van der Waals surface area contributed by atoms with Gasteiger partial charge in [0.15, 0.2) is 0 Å². The molecule has 0 aliphatic rings. The van der Waals surface area contributed by atoms with Crippen molar-refractivity contribution in [1.82, 2.24) is 10.6 Å². The number of hydrogen-bond donors (Lipinski definition) is 2. The molecule has 0 radical (unpaired) electrons. The number of nitrogens with one attached hydrogen (secondary N) is 2. The molecule has 2 heterocycles. The third kappa shape index (κ3) is 3.91. The Labute approximate surface area is 125 Å². The lowest BCUT2D eigenvalue weighted by molar-refractivity contribution is 0.104. The number of ketones is 1. The molecule has 20 heavy (non-hydrogen) atoms. The van der Waals surface area contributed by atoms with Gasteiger partial charge in [-0.15, -0.1) is 22.7 Å². The van der Waals surface area contributed by atoms with Gasteiger partial charge in [0.05, 0.1) is 16.3 Å². The molecule has 2 aromatic rings. The molecule has 0 aliphatic heterocycles. The summed E-state index contributed by atoms with van der Waals surface area (Å²) in [6, 6.07) is 7.21. The SMILES string of the molecule is CCCNC(=O)NCc1ccc(C(=O)c2cccs2)s1. The molecule has 0 spiro atoms. The van der Waals surface area contributed by atoms with Crippen LogP contribution in [0.5, 0.6) is 0 Å². The van der Waals surface area contributed by atoms with Gasteiger partial charge >= 0.3 is 6.03 Å². The van der Waals surface area contributed by atoms with Crippen molar-refractivity contribution in [3.63, 3.8) is 0 Å². The zero-order valence-corrected chi connectivity index (χ0v) is 12.8. The minimum absolute atomic E-state index is 0.0479. The quantitative estimate of drug-likeness (QED) is 0.805. The first-order valence-electron chi connectivity index (χ1n) is 6.39. The standard InChI is InChI=1S/C14H16N2O2S2/c1-2-7-15-14(18)16-9-10-5-6-12(20-10)13(17)11-4-3-8-19-11/h3-6,8H,2,7,9H2,1H3,(H2,15,16,18). The van der Waals surface area contributed by atoms with Gasteiger partial charge in [-0.05, 0) is 30.0 Å². The van der Waals surface area contributed by atoms with Crippen LogP contribution in [0.15, 0.2) is 29.6 Å². The van der Waals surface area contributed by atoms with Crippen molar-refractivity contribution in [1.29, 1.82) is 0 Å². The molecule has 0 aliphatic carbocycles. The van der Waals surface area contributed by atoms with E-state index < -0.39 is 0 Å². The lowest BCUT2D eigenvalue weighted by Gasteiger charge is -2.04. The molecule has 106 valence electrons. The molecule has 2 aromatic heterocycles. The van der Waals surface area contributed by atoms with Gasteiger partial charge in [-0.1, -0.05) is 13.0 Å². The van der Waals surface area contributed by atoms with Gasteiger partial charge in [-0.3, -0.25) is 4.79 Å². The summed E-state index contributed by atoms with van der Waals surface area (Å²) in [5, 5.41) is 7.41. The van der Waals surface area contributed by atoms with E-state index in [9.17, 15) is 9.59 Å². The predicted octanol–water partition coefficient (Wildman–Crippen LogP) is 3.25. The van der Waals surface area contributed by atoms with Crippen LogP contribution in [-0.4, -0.2) is 18.4 Å². The Morgan fingerprint density at radius 2 is 2.00 bits per heavy atom. The molecular weight excluding hydrogens is 292 g/mol. The number of thiophene rings is 2. The van der Waals surface area contributed by atoms with Crippen LogP contribution in [0.2, 0.25) is 0 Å². The van der Waals surface area contributed by atoms with Crippen LogP contribution in [0, 0.1) is 0 Å². The molecule has 0 atom stereocenters. The summed E-state index contributed by atoms with van der Waals surface area (Å²) in [4.78, 5) is 26.0. The summed E-state index contributed by atoms with van der Waals surface area (Å²) < 4.78 is 0. The molecule has 2 rings (SSSR count). The van der Waals surface area contributed by atoms with E-state index in [1.807, 2.05) is 36.6 Å². The molecule has 0 fully saturated rings. The average Bonchev–Trinajstić information content (AvgIpc) is 3.12. The van der Waals surface area contributed by atoms with Crippen LogP contribution in [0.25, 0.3) is 0 Å². The Morgan fingerprint density at radius 3 is 2.70 bits per heavy atom. The van der Waals surface area contributed by atoms with Crippen molar-refractivity contribution < 1.29 is 9.59 Å². The maximum Gasteiger partial charge on any atom is 0.315 e. The fourth-order valence-corrected chi connectivity index (χ4v) is 3.24. The lowest BCUT2D eigenvalue weighted by Crippen LogP contribution is -2.35. The number of amides is 2. The third-order valence-corrected chi connectivity index (χ3v) is 4.54. The van der Waals surface area contributed by atoms with E-state index in [1.165, 1.54) is 22.7 Å². The van der Waals surface area contributed by atoms with Gasteiger partial charge in [0, 0.05) is 11.4 Å². The highest BCUT2D eigenvalue weighted by Crippen LogP contribution is 2.22. The van der Waals surface area contributed by atoms with Crippen LogP contribution in [0.1, 0.15) is 32.8 Å². The molecule has 0 saturated heterocycles. The minimum Gasteiger partial charge on any atom is -0.338 e. The van der Waals surface area contributed by atoms with Crippen LogP contribution < -0.4 is 10.6 Å². The Hall–Kier alpha value is -1.66. The first kappa shape index (κ1) is 14.7. The smallest absolute Gasteiger partial charge is 0.315 e. The summed E-state index contributed by atoms with van der Waals surface area (Å²) >= 11 is 2.86. The maximum absolute atomic E-state index is 12.1. The van der Waals surface area contributed by atoms with Crippen molar-refractivity contribution in [2.24, 2.45) is 0 Å². The second kappa shape index (κ2) is 7.21. The van der Waals surface area contributed by atoms with E-state index in [2.05, 4.69) is 10.6 Å². The fraction of sp³-hybridized carbons (Fsp3) is 0.286. The summed E-state index contributed by atoms with van der Waals surface area (Å²) in [7, 11) is 0. The Bertz CT molecular complexity index is 576. The van der Waals surface area contributed by atoms with E-state index in [1.54, 1.807) is 0 Å². The topological polar surface area (TPSA) is 58.2 Å². The highest BCUT2D eigenvalue weighted by Gasteiger charge is 2.12. The van der Waals surface area contributed by atoms with Crippen LogP contribution in [-0.2, 0) is 6.54 Å². The average molecular weight is 308 g/mol. The Kier molecular flexibility index (Phi) is 5.31. The highest BCUT2D eigenvalue weighted by atomic mass is 32.1. The first-order valence-corrected chi connectivity index (χ1v) is 8.09. The largest absolute Gasteiger partial charge is 0.338 e. The van der Waals surface area contributed by atoms with Gasteiger partial charge in [-0.2, -0.15) is 0 Å². The maximum atomic E-state index is 12.1. The first-order chi connectivity index (χ1) is 9.70. The number of urea groups is 1. The highest BCUT2D eigenvalue weighted by molar-refractivity contribution is 7.16. The summed E-state index contributed by atoms with van der Waals surface area (Å²) in [5.74, 6) is 0.0479. The molecule has 0 aromatic carbocycles. The Balaban J connectivity index is 1.89. The van der Waals surface area contributed by atoms with E-state index in [-0.39, 0.29) is 11.8 Å². The van der Waals surface area contributed by atoms with Gasteiger partial charge in [0.25, 0.3) is 0 Å². The second-order valence-corrected chi connectivity index (χ2v) is 6.30. The van der Waals surface area contributed by atoms with Gasteiger partial charge < -0.3 is 10.6 Å². The van der Waals surface area contributed by atoms with Gasteiger partial charge in [0.2, 0.25) is 5.78 Å². The molecular formula is C14H16N2O2S2. The molecule has 2 amide bonds. The molecule has 2 N–H and O–H groups in total. The number of carbonyl (C=O) groups is 2. The lowest BCUT2D eigenvalue weighted by atomic mass is 10.3. The van der Waals surface area contributed by atoms with Crippen molar-refractivity contribution >= 4 is 34.5 Å². The van der Waals surface area contributed by atoms with Crippen LogP contribution >= 0.6 is 22.7 Å². The van der Waals surface area contributed by atoms with Crippen molar-refractivity contribution in [3.05, 3.63) is 44.3 Å². The molecule has 0 unspecified atom stereocenters. The number of hydrogen-bond acceptors (Lipinski definition) is 4. The van der Waals surface area contributed by atoms with E-state index >= 15 is 0 Å². The van der Waals surface area contributed by atoms with E-state index in [4.69, 9.17) is 0 Å². The monoisotopic (exact) mass is 308 g/mol. The van der Waals surface area contributed by atoms with Crippen molar-refractivity contribution in [3.8, 4) is 0 Å². The predicted molar refractivity (Wildman–Crippen MR) is 82.6 cm³/mol. The number of carbonyl (C=O) groups excluding carboxylic acids is 2. The Morgan fingerprint density at radius 1 is 1.15 bits per heavy atom. The second-order valence-electron chi connectivity index (χ2n) is 4.18. The third-order valence-electron chi connectivity index (χ3n) is 2.59. The van der Waals surface area contributed by atoms with Gasteiger partial charge in [0.1, 0.15) is 0 Å². The van der Waals surface area contributed by atoms with E-state index in [0.717, 1.165) is 16.2 Å².